The first-order valence-electron chi connectivity index (χ1n) is 10.3. The second-order valence-corrected chi connectivity index (χ2v) is 9.71. The van der Waals surface area contributed by atoms with Gasteiger partial charge in [0, 0.05) is 37.1 Å². The van der Waals surface area contributed by atoms with Crippen LogP contribution in [0.4, 0.5) is 0 Å². The van der Waals surface area contributed by atoms with Gasteiger partial charge < -0.3 is 4.98 Å². The average molecular weight is 588 g/mol. The number of aromatic nitrogens is 4. The first-order valence-corrected chi connectivity index (χ1v) is 10.3. The molecule has 0 saturated carbocycles. The van der Waals surface area contributed by atoms with E-state index < -0.39 is 0 Å². The summed E-state index contributed by atoms with van der Waals surface area (Å²) in [6, 6.07) is 19.6. The third kappa shape index (κ3) is 5.05. The molecule has 2 aromatic carbocycles. The van der Waals surface area contributed by atoms with E-state index in [1.807, 2.05) is 30.5 Å². The minimum absolute atomic E-state index is 0. The van der Waals surface area contributed by atoms with Gasteiger partial charge in [-0.3, -0.25) is 0 Å². The maximum Gasteiger partial charge on any atom is 0.145 e. The quantitative estimate of drug-likeness (QED) is 0.264. The normalized spacial score (nSPS) is 11.9. The van der Waals surface area contributed by atoms with E-state index in [1.54, 1.807) is 0 Å². The molecule has 161 valence electrons. The summed E-state index contributed by atoms with van der Waals surface area (Å²) in [5, 5.41) is 2.28. The number of hydrogen-bond acceptors (Lipinski definition) is 4. The Morgan fingerprint density at radius 2 is 1.35 bits per heavy atom. The van der Waals surface area contributed by atoms with Crippen LogP contribution in [0.3, 0.4) is 0 Å². The van der Waals surface area contributed by atoms with Crippen LogP contribution in [0.2, 0.25) is 0 Å². The second kappa shape index (κ2) is 8.56. The number of benzene rings is 2. The SMILES string of the molecule is CC(C)(C)c1nc(-c2cc[c-]c(-c3cc4ccccc4cn3)c2)nc(C(C)(C)C)n1.[Ir]. The monoisotopic (exact) mass is 588 g/mol. The van der Waals surface area contributed by atoms with E-state index >= 15 is 0 Å². The molecule has 0 spiro atoms. The summed E-state index contributed by atoms with van der Waals surface area (Å²) >= 11 is 0. The zero-order chi connectivity index (χ0) is 21.5. The summed E-state index contributed by atoms with van der Waals surface area (Å²) in [6.07, 6.45) is 1.91. The molecule has 0 atom stereocenters. The Morgan fingerprint density at radius 3 is 1.97 bits per heavy atom. The summed E-state index contributed by atoms with van der Waals surface area (Å²) in [5.74, 6) is 2.29. The number of fused-ring (bicyclic) bond motifs is 1. The van der Waals surface area contributed by atoms with E-state index in [0.29, 0.717) is 5.82 Å². The van der Waals surface area contributed by atoms with Crippen molar-refractivity contribution in [1.82, 2.24) is 19.9 Å². The third-order valence-electron chi connectivity index (χ3n) is 4.94. The van der Waals surface area contributed by atoms with Crippen molar-refractivity contribution in [3.63, 3.8) is 0 Å². The molecule has 4 aromatic rings. The van der Waals surface area contributed by atoms with Crippen molar-refractivity contribution in [3.8, 4) is 22.6 Å². The number of hydrogen-bond donors (Lipinski definition) is 0. The van der Waals surface area contributed by atoms with E-state index in [-0.39, 0.29) is 30.9 Å². The summed E-state index contributed by atoms with van der Waals surface area (Å²) in [7, 11) is 0. The van der Waals surface area contributed by atoms with Crippen LogP contribution in [-0.4, -0.2) is 19.9 Å². The maximum absolute atomic E-state index is 4.82. The van der Waals surface area contributed by atoms with Gasteiger partial charge in [-0.15, -0.1) is 29.8 Å². The fraction of sp³-hybridized carbons (Fsp3) is 0.308. The van der Waals surface area contributed by atoms with Crippen molar-refractivity contribution >= 4 is 10.8 Å². The Labute approximate surface area is 198 Å². The minimum Gasteiger partial charge on any atom is -0.304 e. The molecule has 31 heavy (non-hydrogen) atoms. The Balaban J connectivity index is 0.00000272. The smallest absolute Gasteiger partial charge is 0.145 e. The Kier molecular flexibility index (Phi) is 6.40. The standard InChI is InChI=1S/C26H27N4.Ir/c1-25(2,3)23-28-22(29-24(30-23)26(4,5)6)19-13-9-12-18(14-19)21-15-17-10-7-8-11-20(17)16-27-21;/h7-11,13-16H,1-6H3;/q-1;. The molecular formula is C26H27IrN4-. The molecule has 0 bridgehead atoms. The van der Waals surface area contributed by atoms with E-state index in [0.717, 1.165) is 39.2 Å². The van der Waals surface area contributed by atoms with E-state index in [4.69, 9.17) is 15.0 Å². The molecule has 2 aromatic heterocycles. The minimum atomic E-state index is -0.165. The summed E-state index contributed by atoms with van der Waals surface area (Å²) in [5.41, 5.74) is 2.42. The van der Waals surface area contributed by atoms with Crippen molar-refractivity contribution in [3.05, 3.63) is 72.4 Å². The number of pyridine rings is 1. The molecule has 4 nitrogen and oxygen atoms in total. The van der Waals surface area contributed by atoms with E-state index in [1.165, 1.54) is 0 Å². The van der Waals surface area contributed by atoms with Crippen LogP contribution >= 0.6 is 0 Å². The van der Waals surface area contributed by atoms with Gasteiger partial charge in [-0.2, -0.15) is 0 Å². The fourth-order valence-electron chi connectivity index (χ4n) is 3.16. The predicted molar refractivity (Wildman–Crippen MR) is 122 cm³/mol. The molecule has 4 rings (SSSR count). The van der Waals surface area contributed by atoms with Crippen LogP contribution in [0.1, 0.15) is 53.2 Å². The molecule has 2 heterocycles. The molecule has 0 amide bonds. The first kappa shape index (κ1) is 23.2. The number of nitrogens with zero attached hydrogens (tertiary/aromatic N) is 4. The molecular weight excluding hydrogens is 561 g/mol. The Morgan fingerprint density at radius 1 is 0.742 bits per heavy atom. The molecule has 1 radical (unpaired) electrons. The molecule has 0 fully saturated rings. The molecule has 0 aliphatic rings. The van der Waals surface area contributed by atoms with E-state index in [9.17, 15) is 0 Å². The van der Waals surface area contributed by atoms with Gasteiger partial charge in [-0.1, -0.05) is 77.4 Å². The Hall–Kier alpha value is -2.49. The first-order chi connectivity index (χ1) is 14.1. The van der Waals surface area contributed by atoms with Gasteiger partial charge in [0.25, 0.3) is 0 Å². The molecule has 0 N–H and O–H groups in total. The summed E-state index contributed by atoms with van der Waals surface area (Å²) < 4.78 is 0. The zero-order valence-electron chi connectivity index (χ0n) is 18.8. The molecule has 0 unspecified atom stereocenters. The second-order valence-electron chi connectivity index (χ2n) is 9.71. The van der Waals surface area contributed by atoms with Gasteiger partial charge in [0.05, 0.1) is 0 Å². The summed E-state index contributed by atoms with van der Waals surface area (Å²) in [6.45, 7) is 12.8. The van der Waals surface area contributed by atoms with Crippen molar-refractivity contribution in [2.24, 2.45) is 0 Å². The van der Waals surface area contributed by atoms with Gasteiger partial charge in [-0.05, 0) is 16.5 Å². The van der Waals surface area contributed by atoms with Crippen LogP contribution in [0, 0.1) is 6.07 Å². The van der Waals surface area contributed by atoms with Crippen molar-refractivity contribution in [2.45, 2.75) is 52.4 Å². The van der Waals surface area contributed by atoms with Crippen molar-refractivity contribution in [1.29, 1.82) is 0 Å². The van der Waals surface area contributed by atoms with Crippen LogP contribution < -0.4 is 0 Å². The Bertz CT molecular complexity index is 1190. The third-order valence-corrected chi connectivity index (χ3v) is 4.94. The van der Waals surface area contributed by atoms with Gasteiger partial charge in [0.15, 0.2) is 0 Å². The maximum atomic E-state index is 4.82. The molecule has 0 aliphatic heterocycles. The van der Waals surface area contributed by atoms with Crippen LogP contribution in [0.5, 0.6) is 0 Å². The van der Waals surface area contributed by atoms with Gasteiger partial charge in [0.2, 0.25) is 0 Å². The van der Waals surface area contributed by atoms with E-state index in [2.05, 4.69) is 76.9 Å². The molecule has 5 heteroatoms. The predicted octanol–water partition coefficient (Wildman–Crippen LogP) is 6.15. The zero-order valence-corrected chi connectivity index (χ0v) is 21.2. The van der Waals surface area contributed by atoms with Crippen molar-refractivity contribution < 1.29 is 20.1 Å². The average Bonchev–Trinajstić information content (AvgIpc) is 2.72. The van der Waals surface area contributed by atoms with Crippen LogP contribution in [0.25, 0.3) is 33.4 Å². The summed E-state index contributed by atoms with van der Waals surface area (Å²) in [4.78, 5) is 19.0. The topological polar surface area (TPSA) is 51.6 Å². The van der Waals surface area contributed by atoms with Gasteiger partial charge in [-0.25, -0.2) is 15.0 Å². The van der Waals surface area contributed by atoms with Gasteiger partial charge in [0.1, 0.15) is 17.5 Å². The number of rotatable bonds is 2. The van der Waals surface area contributed by atoms with Crippen LogP contribution in [-0.2, 0) is 30.9 Å². The van der Waals surface area contributed by atoms with Crippen molar-refractivity contribution in [2.75, 3.05) is 0 Å². The molecule has 0 saturated heterocycles. The van der Waals surface area contributed by atoms with Gasteiger partial charge >= 0.3 is 0 Å². The van der Waals surface area contributed by atoms with Crippen LogP contribution in [0.15, 0.2) is 54.7 Å². The largest absolute Gasteiger partial charge is 0.304 e. The molecule has 0 aliphatic carbocycles. The fourth-order valence-corrected chi connectivity index (χ4v) is 3.16.